The maximum atomic E-state index is 8.53. The van der Waals surface area contributed by atoms with Crippen molar-refractivity contribution in [3.05, 3.63) is 48.2 Å². The molecular weight excluding hydrogens is 186 g/mol. The van der Waals surface area contributed by atoms with Gasteiger partial charge in [0.15, 0.2) is 0 Å². The van der Waals surface area contributed by atoms with Crippen molar-refractivity contribution in [2.75, 3.05) is 5.32 Å². The zero-order valence-electron chi connectivity index (χ0n) is 8.07. The van der Waals surface area contributed by atoms with Gasteiger partial charge in [0.1, 0.15) is 17.7 Å². The molecule has 1 rings (SSSR count). The molecule has 1 N–H and O–H groups in total. The van der Waals surface area contributed by atoms with Gasteiger partial charge in [0, 0.05) is 11.9 Å². The van der Waals surface area contributed by atoms with E-state index in [1.165, 1.54) is 6.20 Å². The number of hydrogen-bond donors (Lipinski definition) is 1. The molecular formula is C12H9N3. The molecule has 0 saturated carbocycles. The molecule has 1 aromatic carbocycles. The van der Waals surface area contributed by atoms with E-state index in [0.29, 0.717) is 0 Å². The smallest absolute Gasteiger partial charge is 0.145 e. The molecule has 0 aliphatic rings. The Hall–Kier alpha value is -2.52. The molecule has 3 nitrogen and oxygen atoms in total. The van der Waals surface area contributed by atoms with Gasteiger partial charge in [-0.1, -0.05) is 30.9 Å². The van der Waals surface area contributed by atoms with Crippen LogP contribution in [0, 0.1) is 22.7 Å². The van der Waals surface area contributed by atoms with Crippen molar-refractivity contribution in [1.82, 2.24) is 0 Å². The van der Waals surface area contributed by atoms with Crippen molar-refractivity contribution in [3.63, 3.8) is 0 Å². The summed E-state index contributed by atoms with van der Waals surface area (Å²) >= 11 is 0. The summed E-state index contributed by atoms with van der Waals surface area (Å²) in [6.45, 7) is 3.67. The molecule has 0 saturated heterocycles. The quantitative estimate of drug-likeness (QED) is 0.754. The number of allylic oxidation sites excluding steroid dienone is 1. The lowest BCUT2D eigenvalue weighted by atomic mass is 10.2. The lowest BCUT2D eigenvalue weighted by Crippen LogP contribution is -1.91. The third kappa shape index (κ3) is 2.72. The molecule has 0 aromatic heterocycles. The summed E-state index contributed by atoms with van der Waals surface area (Å²) in [4.78, 5) is 0. The number of nitrogens with one attached hydrogen (secondary N) is 1. The van der Waals surface area contributed by atoms with Crippen molar-refractivity contribution in [2.24, 2.45) is 0 Å². The van der Waals surface area contributed by atoms with E-state index in [4.69, 9.17) is 10.5 Å². The van der Waals surface area contributed by atoms with Crippen LogP contribution in [0.25, 0.3) is 6.08 Å². The summed E-state index contributed by atoms with van der Waals surface area (Å²) in [5.74, 6) is 0. The van der Waals surface area contributed by atoms with Crippen molar-refractivity contribution in [2.45, 2.75) is 0 Å². The highest BCUT2D eigenvalue weighted by Crippen LogP contribution is 2.15. The fraction of sp³-hybridized carbons (Fsp3) is 0. The number of nitrogens with zero attached hydrogens (tertiary/aromatic N) is 2. The first-order valence-electron chi connectivity index (χ1n) is 4.30. The number of para-hydroxylation sites is 1. The minimum absolute atomic E-state index is 0.0360. The zero-order valence-corrected chi connectivity index (χ0v) is 8.07. The third-order valence-corrected chi connectivity index (χ3v) is 1.79. The Balaban J connectivity index is 2.92. The van der Waals surface area contributed by atoms with E-state index in [9.17, 15) is 0 Å². The van der Waals surface area contributed by atoms with Gasteiger partial charge in [-0.05, 0) is 11.6 Å². The first-order chi connectivity index (χ1) is 7.31. The molecule has 3 heteroatoms. The fourth-order valence-corrected chi connectivity index (χ4v) is 1.05. The van der Waals surface area contributed by atoms with Crippen LogP contribution >= 0.6 is 0 Å². The molecule has 15 heavy (non-hydrogen) atoms. The Morgan fingerprint density at radius 2 is 1.93 bits per heavy atom. The van der Waals surface area contributed by atoms with Gasteiger partial charge >= 0.3 is 0 Å². The van der Waals surface area contributed by atoms with Crippen LogP contribution < -0.4 is 5.32 Å². The Morgan fingerprint density at radius 1 is 1.27 bits per heavy atom. The van der Waals surface area contributed by atoms with Crippen molar-refractivity contribution >= 4 is 11.8 Å². The second-order valence-electron chi connectivity index (χ2n) is 2.72. The van der Waals surface area contributed by atoms with E-state index in [-0.39, 0.29) is 5.57 Å². The monoisotopic (exact) mass is 195 g/mol. The van der Waals surface area contributed by atoms with Crippen LogP contribution in [0.3, 0.4) is 0 Å². The molecule has 0 amide bonds. The van der Waals surface area contributed by atoms with Crippen molar-refractivity contribution < 1.29 is 0 Å². The minimum Gasteiger partial charge on any atom is -0.359 e. The molecule has 0 spiro atoms. The first-order valence-corrected chi connectivity index (χ1v) is 4.30. The molecule has 0 radical (unpaired) electrons. The van der Waals surface area contributed by atoms with Gasteiger partial charge in [-0.3, -0.25) is 0 Å². The lowest BCUT2D eigenvalue weighted by Gasteiger charge is -2.04. The Labute approximate surface area is 88.6 Å². The molecule has 0 fully saturated rings. The minimum atomic E-state index is 0.0360. The molecule has 0 atom stereocenters. The maximum Gasteiger partial charge on any atom is 0.145 e. The van der Waals surface area contributed by atoms with Gasteiger partial charge in [-0.25, -0.2) is 0 Å². The van der Waals surface area contributed by atoms with Gasteiger partial charge in [-0.15, -0.1) is 0 Å². The van der Waals surface area contributed by atoms with Crippen LogP contribution in [0.15, 0.2) is 42.6 Å². The van der Waals surface area contributed by atoms with Crippen LogP contribution in [0.2, 0.25) is 0 Å². The van der Waals surface area contributed by atoms with Gasteiger partial charge in [0.25, 0.3) is 0 Å². The molecule has 72 valence electrons. The van der Waals surface area contributed by atoms with Crippen LogP contribution in [0.1, 0.15) is 5.56 Å². The van der Waals surface area contributed by atoms with E-state index in [0.717, 1.165) is 11.3 Å². The van der Waals surface area contributed by atoms with Gasteiger partial charge < -0.3 is 5.32 Å². The fourth-order valence-electron chi connectivity index (χ4n) is 1.05. The Morgan fingerprint density at radius 3 is 2.53 bits per heavy atom. The maximum absolute atomic E-state index is 8.53. The van der Waals surface area contributed by atoms with Crippen LogP contribution in [0.4, 0.5) is 5.69 Å². The summed E-state index contributed by atoms with van der Waals surface area (Å²) < 4.78 is 0. The SMILES string of the molecule is C=Cc1ccccc1NC=C(C#N)C#N. The van der Waals surface area contributed by atoms with E-state index in [1.54, 1.807) is 18.2 Å². The van der Waals surface area contributed by atoms with E-state index in [1.807, 2.05) is 24.3 Å². The summed E-state index contributed by atoms with van der Waals surface area (Å²) in [5, 5.41) is 19.9. The molecule has 0 unspecified atom stereocenters. The zero-order chi connectivity index (χ0) is 11.1. The number of nitriles is 2. The topological polar surface area (TPSA) is 59.6 Å². The Bertz CT molecular complexity index is 456. The van der Waals surface area contributed by atoms with Gasteiger partial charge in [-0.2, -0.15) is 10.5 Å². The lowest BCUT2D eigenvalue weighted by molar-refractivity contribution is 1.44. The molecule has 0 aliphatic heterocycles. The van der Waals surface area contributed by atoms with Crippen molar-refractivity contribution in [3.8, 4) is 12.1 Å². The average Bonchev–Trinajstić information content (AvgIpc) is 2.31. The van der Waals surface area contributed by atoms with Crippen LogP contribution in [0.5, 0.6) is 0 Å². The Kier molecular flexibility index (Phi) is 3.70. The number of anilines is 1. The first kappa shape index (κ1) is 10.6. The molecule has 0 bridgehead atoms. The molecule has 0 heterocycles. The van der Waals surface area contributed by atoms with Crippen LogP contribution in [-0.4, -0.2) is 0 Å². The number of hydrogen-bond acceptors (Lipinski definition) is 3. The van der Waals surface area contributed by atoms with Gasteiger partial charge in [0.05, 0.1) is 0 Å². The van der Waals surface area contributed by atoms with E-state index < -0.39 is 0 Å². The average molecular weight is 195 g/mol. The predicted octanol–water partition coefficient (Wildman–Crippen LogP) is 2.67. The normalized spacial score (nSPS) is 8.13. The summed E-state index contributed by atoms with van der Waals surface area (Å²) in [6, 6.07) is 11.0. The number of benzene rings is 1. The molecule has 0 aliphatic carbocycles. The van der Waals surface area contributed by atoms with Gasteiger partial charge in [0.2, 0.25) is 0 Å². The highest BCUT2D eigenvalue weighted by atomic mass is 14.8. The van der Waals surface area contributed by atoms with Crippen LogP contribution in [-0.2, 0) is 0 Å². The number of rotatable bonds is 3. The van der Waals surface area contributed by atoms with E-state index >= 15 is 0 Å². The molecule has 1 aromatic rings. The second kappa shape index (κ2) is 5.26. The summed E-state index contributed by atoms with van der Waals surface area (Å²) in [5.41, 5.74) is 1.77. The summed E-state index contributed by atoms with van der Waals surface area (Å²) in [6.07, 6.45) is 3.08. The highest BCUT2D eigenvalue weighted by Gasteiger charge is 1.96. The standard InChI is InChI=1S/C12H9N3/c1-2-11-5-3-4-6-12(11)15-9-10(7-13)8-14/h2-6,9,15H,1H2. The highest BCUT2D eigenvalue weighted by molar-refractivity contribution is 5.66. The van der Waals surface area contributed by atoms with Crippen molar-refractivity contribution in [1.29, 1.82) is 10.5 Å². The van der Waals surface area contributed by atoms with E-state index in [2.05, 4.69) is 11.9 Å². The largest absolute Gasteiger partial charge is 0.359 e. The second-order valence-corrected chi connectivity index (χ2v) is 2.72. The summed E-state index contributed by atoms with van der Waals surface area (Å²) in [7, 11) is 0. The predicted molar refractivity (Wildman–Crippen MR) is 59.5 cm³/mol. The third-order valence-electron chi connectivity index (χ3n) is 1.79.